The molecule has 1 atom stereocenters. The van der Waals surface area contributed by atoms with Crippen LogP contribution in [0.15, 0.2) is 34.5 Å². The predicted octanol–water partition coefficient (Wildman–Crippen LogP) is 1.21. The van der Waals surface area contributed by atoms with E-state index in [9.17, 15) is 4.79 Å². The molecule has 1 aromatic carbocycles. The number of fused-ring (bicyclic) bond motifs is 1. The number of benzene rings is 1. The number of rotatable bonds is 4. The summed E-state index contributed by atoms with van der Waals surface area (Å²) in [5.41, 5.74) is 1.30. The molecule has 0 bridgehead atoms. The van der Waals surface area contributed by atoms with Crippen LogP contribution in [0.3, 0.4) is 0 Å². The second kappa shape index (κ2) is 6.21. The van der Waals surface area contributed by atoms with Gasteiger partial charge in [-0.25, -0.2) is 0 Å². The highest BCUT2D eigenvalue weighted by atomic mass is 16.5. The summed E-state index contributed by atoms with van der Waals surface area (Å²) >= 11 is 0. The Labute approximate surface area is 117 Å². The molecule has 20 heavy (non-hydrogen) atoms. The number of carbonyl (C=O) groups excluding carboxylic acids is 1. The Hall–Kier alpha value is -1.63. The zero-order valence-electron chi connectivity index (χ0n) is 11.3. The van der Waals surface area contributed by atoms with Crippen LogP contribution in [-0.4, -0.2) is 56.2 Å². The third-order valence-corrected chi connectivity index (χ3v) is 3.57. The molecular weight excluding hydrogens is 256 g/mol. The molecule has 2 heterocycles. The number of azo groups is 1. The Morgan fingerprint density at radius 3 is 2.95 bits per heavy atom. The largest absolute Gasteiger partial charge is 0.379 e. The number of ether oxygens (including phenoxy) is 1. The maximum absolute atomic E-state index is 12.2. The Morgan fingerprint density at radius 1 is 1.30 bits per heavy atom. The standard InChI is InChI=1S/C14H18N4O2/c19-13-11-3-1-2-4-12(11)16-17-14(13)15-5-6-18-7-9-20-10-8-18/h1-4,14-15H,5-10H2. The summed E-state index contributed by atoms with van der Waals surface area (Å²) in [6.45, 7) is 5.09. The molecule has 2 aliphatic rings. The molecule has 3 rings (SSSR count). The van der Waals surface area contributed by atoms with Crippen molar-refractivity contribution in [1.82, 2.24) is 10.2 Å². The van der Waals surface area contributed by atoms with Crippen molar-refractivity contribution in [3.63, 3.8) is 0 Å². The minimum Gasteiger partial charge on any atom is -0.379 e. The van der Waals surface area contributed by atoms with Gasteiger partial charge in [-0.1, -0.05) is 12.1 Å². The predicted molar refractivity (Wildman–Crippen MR) is 74.3 cm³/mol. The summed E-state index contributed by atoms with van der Waals surface area (Å²) in [5.74, 6) is -0.00224. The van der Waals surface area contributed by atoms with E-state index in [1.165, 1.54) is 0 Å². The highest BCUT2D eigenvalue weighted by Crippen LogP contribution is 2.25. The number of hydrogen-bond donors (Lipinski definition) is 1. The molecule has 1 unspecified atom stereocenters. The molecule has 0 saturated carbocycles. The van der Waals surface area contributed by atoms with E-state index >= 15 is 0 Å². The Kier molecular flexibility index (Phi) is 4.15. The number of hydrogen-bond acceptors (Lipinski definition) is 6. The zero-order chi connectivity index (χ0) is 13.8. The fraction of sp³-hybridized carbons (Fsp3) is 0.500. The highest BCUT2D eigenvalue weighted by Gasteiger charge is 2.25. The number of carbonyl (C=O) groups is 1. The van der Waals surface area contributed by atoms with Crippen LogP contribution in [0.5, 0.6) is 0 Å². The summed E-state index contributed by atoms with van der Waals surface area (Å²) in [7, 11) is 0. The zero-order valence-corrected chi connectivity index (χ0v) is 11.3. The van der Waals surface area contributed by atoms with E-state index < -0.39 is 6.17 Å². The summed E-state index contributed by atoms with van der Waals surface area (Å²) in [6, 6.07) is 7.31. The van der Waals surface area contributed by atoms with E-state index in [0.717, 1.165) is 39.4 Å². The van der Waals surface area contributed by atoms with Gasteiger partial charge in [0, 0.05) is 31.7 Å². The van der Waals surface area contributed by atoms with E-state index in [-0.39, 0.29) is 5.78 Å². The van der Waals surface area contributed by atoms with E-state index in [2.05, 4.69) is 20.4 Å². The normalized spacial score (nSPS) is 22.8. The molecule has 1 N–H and O–H groups in total. The lowest BCUT2D eigenvalue weighted by Gasteiger charge is -2.27. The second-order valence-corrected chi connectivity index (χ2v) is 4.91. The van der Waals surface area contributed by atoms with Gasteiger partial charge in [-0.05, 0) is 12.1 Å². The maximum atomic E-state index is 12.2. The molecular formula is C14H18N4O2. The Morgan fingerprint density at radius 2 is 2.10 bits per heavy atom. The first-order chi connectivity index (χ1) is 9.84. The van der Waals surface area contributed by atoms with Crippen molar-refractivity contribution < 1.29 is 9.53 Å². The minimum atomic E-state index is -0.550. The van der Waals surface area contributed by atoms with Gasteiger partial charge in [-0.15, -0.1) is 0 Å². The van der Waals surface area contributed by atoms with Gasteiger partial charge in [0.05, 0.1) is 18.9 Å². The van der Waals surface area contributed by atoms with E-state index in [4.69, 9.17) is 4.74 Å². The molecule has 106 valence electrons. The lowest BCUT2D eigenvalue weighted by Crippen LogP contribution is -2.44. The van der Waals surface area contributed by atoms with Crippen molar-refractivity contribution >= 4 is 11.5 Å². The molecule has 0 spiro atoms. The summed E-state index contributed by atoms with van der Waals surface area (Å²) in [4.78, 5) is 14.6. The summed E-state index contributed by atoms with van der Waals surface area (Å²) in [6.07, 6.45) is -0.550. The monoisotopic (exact) mass is 274 g/mol. The number of Topliss-reactive ketones (excluding diaryl/α,β-unsaturated/α-hetero) is 1. The molecule has 0 aromatic heterocycles. The molecule has 1 fully saturated rings. The van der Waals surface area contributed by atoms with Crippen molar-refractivity contribution in [2.24, 2.45) is 10.2 Å². The van der Waals surface area contributed by atoms with Gasteiger partial charge in [-0.3, -0.25) is 15.0 Å². The van der Waals surface area contributed by atoms with Crippen LogP contribution in [0.4, 0.5) is 5.69 Å². The van der Waals surface area contributed by atoms with Gasteiger partial charge in [0.1, 0.15) is 0 Å². The van der Waals surface area contributed by atoms with Crippen molar-refractivity contribution in [2.45, 2.75) is 6.17 Å². The topological polar surface area (TPSA) is 66.3 Å². The van der Waals surface area contributed by atoms with Crippen molar-refractivity contribution in [1.29, 1.82) is 0 Å². The quantitative estimate of drug-likeness (QED) is 0.896. The second-order valence-electron chi connectivity index (χ2n) is 4.91. The van der Waals surface area contributed by atoms with E-state index in [0.29, 0.717) is 11.3 Å². The minimum absolute atomic E-state index is 0.00224. The fourth-order valence-electron chi connectivity index (χ4n) is 2.41. The molecule has 1 saturated heterocycles. The van der Waals surface area contributed by atoms with Crippen molar-refractivity contribution in [3.8, 4) is 0 Å². The molecule has 0 aliphatic carbocycles. The van der Waals surface area contributed by atoms with Crippen LogP contribution in [0.1, 0.15) is 10.4 Å². The Bertz CT molecular complexity index is 512. The molecule has 1 aromatic rings. The van der Waals surface area contributed by atoms with Crippen molar-refractivity contribution in [3.05, 3.63) is 29.8 Å². The lowest BCUT2D eigenvalue weighted by molar-refractivity contribution is 0.0380. The molecule has 6 heteroatoms. The molecule has 0 amide bonds. The number of nitrogens with one attached hydrogen (secondary N) is 1. The van der Waals surface area contributed by atoms with Gasteiger partial charge in [0.2, 0.25) is 5.78 Å². The average Bonchev–Trinajstić information content (AvgIpc) is 2.51. The third kappa shape index (κ3) is 2.92. The fourth-order valence-corrected chi connectivity index (χ4v) is 2.41. The van der Waals surface area contributed by atoms with Crippen molar-refractivity contribution in [2.75, 3.05) is 39.4 Å². The molecule has 0 radical (unpaired) electrons. The first-order valence-electron chi connectivity index (χ1n) is 6.92. The number of nitrogens with zero attached hydrogens (tertiary/aromatic N) is 3. The lowest BCUT2D eigenvalue weighted by atomic mass is 10.1. The number of morpholine rings is 1. The summed E-state index contributed by atoms with van der Waals surface area (Å²) in [5, 5.41) is 11.3. The van der Waals surface area contributed by atoms with Gasteiger partial charge < -0.3 is 4.74 Å². The molecule has 2 aliphatic heterocycles. The van der Waals surface area contributed by atoms with Crippen LogP contribution in [0.25, 0.3) is 0 Å². The van der Waals surface area contributed by atoms with Crippen LogP contribution in [-0.2, 0) is 4.74 Å². The first kappa shape index (κ1) is 13.4. The summed E-state index contributed by atoms with van der Waals surface area (Å²) < 4.78 is 5.30. The van der Waals surface area contributed by atoms with Crippen LogP contribution < -0.4 is 5.32 Å². The van der Waals surface area contributed by atoms with E-state index in [1.54, 1.807) is 12.1 Å². The first-order valence-corrected chi connectivity index (χ1v) is 6.92. The van der Waals surface area contributed by atoms with Crippen LogP contribution >= 0.6 is 0 Å². The van der Waals surface area contributed by atoms with Gasteiger partial charge in [-0.2, -0.15) is 10.2 Å². The average molecular weight is 274 g/mol. The number of ketones is 1. The van der Waals surface area contributed by atoms with Gasteiger partial charge in [0.25, 0.3) is 0 Å². The third-order valence-electron chi connectivity index (χ3n) is 3.57. The SMILES string of the molecule is O=C1c2ccccc2N=NC1NCCN1CCOCC1. The Balaban J connectivity index is 1.53. The van der Waals surface area contributed by atoms with Crippen LogP contribution in [0, 0.1) is 0 Å². The van der Waals surface area contributed by atoms with Crippen LogP contribution in [0.2, 0.25) is 0 Å². The van der Waals surface area contributed by atoms with Gasteiger partial charge in [0.15, 0.2) is 6.17 Å². The van der Waals surface area contributed by atoms with E-state index in [1.807, 2.05) is 12.1 Å². The smallest absolute Gasteiger partial charge is 0.206 e. The van der Waals surface area contributed by atoms with Gasteiger partial charge >= 0.3 is 0 Å². The maximum Gasteiger partial charge on any atom is 0.206 e. The molecule has 6 nitrogen and oxygen atoms in total. The highest BCUT2D eigenvalue weighted by molar-refractivity contribution is 6.04.